The molecular formula is C13H21FN2O3S. The normalized spacial score (nSPS) is 11.8. The van der Waals surface area contributed by atoms with Gasteiger partial charge in [-0.2, -0.15) is 0 Å². The number of sulfonamides is 1. The highest BCUT2D eigenvalue weighted by Gasteiger charge is 2.18. The third kappa shape index (κ3) is 5.16. The molecule has 0 radical (unpaired) electrons. The molecule has 0 atom stereocenters. The maximum absolute atomic E-state index is 13.3. The van der Waals surface area contributed by atoms with Gasteiger partial charge in [-0.15, -0.1) is 0 Å². The van der Waals surface area contributed by atoms with Gasteiger partial charge in [-0.25, -0.2) is 17.5 Å². The SMILES string of the molecule is CCNCc1ccc(F)cc1S(=O)(=O)NCCCOC. The van der Waals surface area contributed by atoms with Crippen LogP contribution in [0.1, 0.15) is 18.9 Å². The van der Waals surface area contributed by atoms with Gasteiger partial charge in [0.05, 0.1) is 4.90 Å². The van der Waals surface area contributed by atoms with Crippen molar-refractivity contribution in [2.75, 3.05) is 26.8 Å². The van der Waals surface area contributed by atoms with Crippen LogP contribution >= 0.6 is 0 Å². The monoisotopic (exact) mass is 304 g/mol. The fraction of sp³-hybridized carbons (Fsp3) is 0.538. The molecule has 0 aromatic heterocycles. The van der Waals surface area contributed by atoms with Crippen LogP contribution in [0.15, 0.2) is 23.1 Å². The number of benzene rings is 1. The molecule has 1 aromatic carbocycles. The summed E-state index contributed by atoms with van der Waals surface area (Å²) in [4.78, 5) is -0.0177. The van der Waals surface area contributed by atoms with E-state index in [-0.39, 0.29) is 11.4 Å². The number of rotatable bonds is 9. The van der Waals surface area contributed by atoms with Crippen LogP contribution in [-0.4, -0.2) is 35.2 Å². The summed E-state index contributed by atoms with van der Waals surface area (Å²) in [6.07, 6.45) is 0.563. The molecule has 0 heterocycles. The Balaban J connectivity index is 2.88. The van der Waals surface area contributed by atoms with E-state index in [1.165, 1.54) is 12.1 Å². The molecule has 0 spiro atoms. The minimum Gasteiger partial charge on any atom is -0.385 e. The number of ether oxygens (including phenoxy) is 1. The van der Waals surface area contributed by atoms with E-state index >= 15 is 0 Å². The lowest BCUT2D eigenvalue weighted by atomic mass is 10.2. The van der Waals surface area contributed by atoms with Gasteiger partial charge in [0.2, 0.25) is 10.0 Å². The van der Waals surface area contributed by atoms with E-state index in [0.717, 1.165) is 6.07 Å². The van der Waals surface area contributed by atoms with E-state index in [1.54, 1.807) is 7.11 Å². The zero-order valence-corrected chi connectivity index (χ0v) is 12.6. The molecule has 1 aromatic rings. The van der Waals surface area contributed by atoms with Crippen molar-refractivity contribution in [3.8, 4) is 0 Å². The van der Waals surface area contributed by atoms with Crippen LogP contribution in [0.5, 0.6) is 0 Å². The van der Waals surface area contributed by atoms with Gasteiger partial charge < -0.3 is 10.1 Å². The molecule has 0 amide bonds. The number of nitrogens with one attached hydrogen (secondary N) is 2. The van der Waals surface area contributed by atoms with Crippen molar-refractivity contribution in [1.82, 2.24) is 10.0 Å². The first-order valence-electron chi connectivity index (χ1n) is 6.49. The third-order valence-corrected chi connectivity index (χ3v) is 4.24. The zero-order chi connectivity index (χ0) is 15.0. The number of halogens is 1. The Labute approximate surface area is 119 Å². The Morgan fingerprint density at radius 1 is 1.35 bits per heavy atom. The average molecular weight is 304 g/mol. The van der Waals surface area contributed by atoms with Crippen molar-refractivity contribution in [1.29, 1.82) is 0 Å². The molecule has 0 unspecified atom stereocenters. The smallest absolute Gasteiger partial charge is 0.240 e. The summed E-state index contributed by atoms with van der Waals surface area (Å²) in [6, 6.07) is 3.80. The van der Waals surface area contributed by atoms with Crippen molar-refractivity contribution >= 4 is 10.0 Å². The van der Waals surface area contributed by atoms with Gasteiger partial charge in [0, 0.05) is 26.8 Å². The van der Waals surface area contributed by atoms with E-state index in [9.17, 15) is 12.8 Å². The van der Waals surface area contributed by atoms with Gasteiger partial charge in [0.25, 0.3) is 0 Å². The highest BCUT2D eigenvalue weighted by Crippen LogP contribution is 2.17. The third-order valence-electron chi connectivity index (χ3n) is 2.70. The van der Waals surface area contributed by atoms with Crippen LogP contribution < -0.4 is 10.0 Å². The van der Waals surface area contributed by atoms with E-state index < -0.39 is 15.8 Å². The van der Waals surface area contributed by atoms with Gasteiger partial charge in [0.1, 0.15) is 5.82 Å². The Morgan fingerprint density at radius 3 is 2.75 bits per heavy atom. The minimum atomic E-state index is -3.71. The van der Waals surface area contributed by atoms with Gasteiger partial charge >= 0.3 is 0 Å². The van der Waals surface area contributed by atoms with Crippen molar-refractivity contribution in [2.45, 2.75) is 24.8 Å². The van der Waals surface area contributed by atoms with Crippen LogP contribution in [0.3, 0.4) is 0 Å². The molecule has 0 aliphatic rings. The molecule has 0 fully saturated rings. The molecular weight excluding hydrogens is 283 g/mol. The fourth-order valence-corrected chi connectivity index (χ4v) is 3.01. The molecule has 7 heteroatoms. The Morgan fingerprint density at radius 2 is 2.10 bits per heavy atom. The van der Waals surface area contributed by atoms with Crippen LogP contribution in [0.4, 0.5) is 4.39 Å². The summed E-state index contributed by atoms with van der Waals surface area (Å²) in [7, 11) is -2.16. The second-order valence-corrected chi connectivity index (χ2v) is 6.01. The molecule has 20 heavy (non-hydrogen) atoms. The highest BCUT2D eigenvalue weighted by molar-refractivity contribution is 7.89. The summed E-state index contributed by atoms with van der Waals surface area (Å²) >= 11 is 0. The number of methoxy groups -OCH3 is 1. The maximum atomic E-state index is 13.3. The molecule has 1 rings (SSSR count). The van der Waals surface area contributed by atoms with E-state index in [2.05, 4.69) is 10.0 Å². The first kappa shape index (κ1) is 17.0. The first-order valence-corrected chi connectivity index (χ1v) is 7.97. The van der Waals surface area contributed by atoms with Crippen molar-refractivity contribution in [2.24, 2.45) is 0 Å². The van der Waals surface area contributed by atoms with Crippen LogP contribution in [-0.2, 0) is 21.3 Å². The summed E-state index contributed by atoms with van der Waals surface area (Å²) < 4.78 is 45.0. The van der Waals surface area contributed by atoms with E-state index in [4.69, 9.17) is 4.74 Å². The van der Waals surface area contributed by atoms with Gasteiger partial charge in [-0.3, -0.25) is 0 Å². The molecule has 0 saturated heterocycles. The quantitative estimate of drug-likeness (QED) is 0.674. The van der Waals surface area contributed by atoms with Crippen molar-refractivity contribution in [3.05, 3.63) is 29.6 Å². The molecule has 0 aliphatic carbocycles. The lowest BCUT2D eigenvalue weighted by Gasteiger charge is -2.12. The van der Waals surface area contributed by atoms with Gasteiger partial charge in [-0.1, -0.05) is 13.0 Å². The summed E-state index contributed by atoms with van der Waals surface area (Å²) in [6.45, 7) is 3.73. The lowest BCUT2D eigenvalue weighted by Crippen LogP contribution is -2.27. The van der Waals surface area contributed by atoms with Crippen LogP contribution in [0, 0.1) is 5.82 Å². The standard InChI is InChI=1S/C13H21FN2O3S/c1-3-15-10-11-5-6-12(14)9-13(11)20(17,18)16-7-4-8-19-2/h5-6,9,15-16H,3-4,7-8,10H2,1-2H3. The van der Waals surface area contributed by atoms with E-state index in [1.807, 2.05) is 6.92 Å². The molecule has 0 aliphatic heterocycles. The summed E-state index contributed by atoms with van der Waals surface area (Å²) in [5.41, 5.74) is 0.549. The Hall–Kier alpha value is -1.02. The second kappa shape index (κ2) is 8.31. The van der Waals surface area contributed by atoms with E-state index in [0.29, 0.717) is 31.7 Å². The molecule has 2 N–H and O–H groups in total. The summed E-state index contributed by atoms with van der Waals surface area (Å²) in [5.74, 6) is -0.567. The Kier molecular flexibility index (Phi) is 7.08. The predicted octanol–water partition coefficient (Wildman–Crippen LogP) is 1.25. The molecule has 0 saturated carbocycles. The number of hydrogen-bond donors (Lipinski definition) is 2. The van der Waals surface area contributed by atoms with Crippen LogP contribution in [0.25, 0.3) is 0 Å². The predicted molar refractivity (Wildman–Crippen MR) is 75.5 cm³/mol. The lowest BCUT2D eigenvalue weighted by molar-refractivity contribution is 0.196. The highest BCUT2D eigenvalue weighted by atomic mass is 32.2. The second-order valence-electron chi connectivity index (χ2n) is 4.28. The average Bonchev–Trinajstić information content (AvgIpc) is 2.42. The molecule has 5 nitrogen and oxygen atoms in total. The van der Waals surface area contributed by atoms with Gasteiger partial charge in [-0.05, 0) is 30.7 Å². The van der Waals surface area contributed by atoms with Gasteiger partial charge in [0.15, 0.2) is 0 Å². The molecule has 114 valence electrons. The zero-order valence-electron chi connectivity index (χ0n) is 11.8. The molecule has 0 bridgehead atoms. The van der Waals surface area contributed by atoms with Crippen molar-refractivity contribution < 1.29 is 17.5 Å². The Bertz CT molecular complexity index is 520. The largest absolute Gasteiger partial charge is 0.385 e. The minimum absolute atomic E-state index is 0.0177. The van der Waals surface area contributed by atoms with Crippen LogP contribution in [0.2, 0.25) is 0 Å². The fourth-order valence-electron chi connectivity index (χ4n) is 1.69. The first-order chi connectivity index (χ1) is 9.51. The topological polar surface area (TPSA) is 67.4 Å². The summed E-state index contributed by atoms with van der Waals surface area (Å²) in [5, 5.41) is 3.04. The number of hydrogen-bond acceptors (Lipinski definition) is 4. The van der Waals surface area contributed by atoms with Crippen molar-refractivity contribution in [3.63, 3.8) is 0 Å². The maximum Gasteiger partial charge on any atom is 0.240 e.